The molecule has 1 aromatic rings. The van der Waals surface area contributed by atoms with Gasteiger partial charge in [0, 0.05) is 53.1 Å². The van der Waals surface area contributed by atoms with E-state index in [1.54, 1.807) is 11.8 Å². The zero-order valence-electron chi connectivity index (χ0n) is 17.6. The summed E-state index contributed by atoms with van der Waals surface area (Å²) in [6, 6.07) is 7.67. The zero-order chi connectivity index (χ0) is 20.3. The third-order valence-corrected chi connectivity index (χ3v) is 5.73. The molecular formula is C22H33N3O3. The van der Waals surface area contributed by atoms with Gasteiger partial charge in [0.1, 0.15) is 6.04 Å². The molecule has 0 aliphatic carbocycles. The Bertz CT molecular complexity index is 713. The molecule has 6 heteroatoms. The third kappa shape index (κ3) is 4.92. The number of carbonyl (C=O) groups is 2. The Morgan fingerprint density at radius 2 is 1.82 bits per heavy atom. The Hall–Kier alpha value is -1.92. The van der Waals surface area contributed by atoms with Crippen LogP contribution in [0, 0.1) is 5.41 Å². The predicted molar refractivity (Wildman–Crippen MR) is 109 cm³/mol. The quantitative estimate of drug-likeness (QED) is 0.773. The lowest BCUT2D eigenvalue weighted by Crippen LogP contribution is -2.54. The number of morpholine rings is 1. The second-order valence-corrected chi connectivity index (χ2v) is 8.88. The molecule has 3 rings (SSSR count). The molecule has 0 radical (unpaired) electrons. The number of carbonyl (C=O) groups excluding carboxylic acids is 2. The minimum Gasteiger partial charge on any atom is -0.379 e. The first-order chi connectivity index (χ1) is 13.3. The van der Waals surface area contributed by atoms with E-state index in [9.17, 15) is 9.59 Å². The molecule has 1 aromatic carbocycles. The van der Waals surface area contributed by atoms with E-state index in [4.69, 9.17) is 4.74 Å². The van der Waals surface area contributed by atoms with Crippen molar-refractivity contribution in [2.75, 3.05) is 46.4 Å². The van der Waals surface area contributed by atoms with E-state index >= 15 is 0 Å². The van der Waals surface area contributed by atoms with E-state index in [-0.39, 0.29) is 17.2 Å². The molecule has 2 heterocycles. The van der Waals surface area contributed by atoms with Crippen molar-refractivity contribution in [1.82, 2.24) is 14.7 Å². The molecule has 6 nitrogen and oxygen atoms in total. The first-order valence-electron chi connectivity index (χ1n) is 10.2. The fourth-order valence-electron chi connectivity index (χ4n) is 4.46. The summed E-state index contributed by atoms with van der Waals surface area (Å²) in [5.41, 5.74) is 2.27. The van der Waals surface area contributed by atoms with Gasteiger partial charge in [-0.05, 0) is 16.5 Å². The Morgan fingerprint density at radius 3 is 2.46 bits per heavy atom. The molecule has 28 heavy (non-hydrogen) atoms. The fourth-order valence-corrected chi connectivity index (χ4v) is 4.46. The van der Waals surface area contributed by atoms with Crippen molar-refractivity contribution in [2.45, 2.75) is 39.8 Å². The van der Waals surface area contributed by atoms with Crippen molar-refractivity contribution in [3.8, 4) is 0 Å². The summed E-state index contributed by atoms with van der Waals surface area (Å²) < 4.78 is 5.43. The van der Waals surface area contributed by atoms with Gasteiger partial charge in [-0.1, -0.05) is 38.1 Å². The van der Waals surface area contributed by atoms with Crippen molar-refractivity contribution < 1.29 is 14.3 Å². The van der Waals surface area contributed by atoms with Crippen LogP contribution in [0.5, 0.6) is 0 Å². The van der Waals surface area contributed by atoms with Crippen molar-refractivity contribution in [2.24, 2.45) is 5.41 Å². The number of hydrogen-bond acceptors (Lipinski definition) is 4. The molecule has 2 aliphatic heterocycles. The molecule has 0 N–H and O–H groups in total. The van der Waals surface area contributed by atoms with Crippen LogP contribution in [-0.2, 0) is 27.3 Å². The first-order valence-corrected chi connectivity index (χ1v) is 10.2. The number of nitrogens with zero attached hydrogens (tertiary/aromatic N) is 3. The van der Waals surface area contributed by atoms with Crippen molar-refractivity contribution >= 4 is 11.8 Å². The number of rotatable bonds is 5. The van der Waals surface area contributed by atoms with Crippen molar-refractivity contribution in [1.29, 1.82) is 0 Å². The van der Waals surface area contributed by atoms with E-state index in [0.29, 0.717) is 19.5 Å². The van der Waals surface area contributed by atoms with E-state index in [1.807, 2.05) is 30.1 Å². The summed E-state index contributed by atoms with van der Waals surface area (Å²) in [5, 5.41) is 0. The molecule has 0 bridgehead atoms. The third-order valence-electron chi connectivity index (χ3n) is 5.73. The van der Waals surface area contributed by atoms with Crippen molar-refractivity contribution in [3.63, 3.8) is 0 Å². The molecule has 1 saturated heterocycles. The average molecular weight is 388 g/mol. The molecule has 154 valence electrons. The molecule has 1 unspecified atom stereocenters. The maximum Gasteiger partial charge on any atom is 0.245 e. The standard InChI is InChI=1S/C22H33N3O3/c1-17(26)25-14-19-8-6-5-7-18(19)13-20(25)21(27)23(4)15-22(2,3)16-24-9-11-28-12-10-24/h5-8,20H,9-16H2,1-4H3. The van der Waals surface area contributed by atoms with Crippen LogP contribution in [0.3, 0.4) is 0 Å². The number of benzene rings is 1. The highest BCUT2D eigenvalue weighted by molar-refractivity contribution is 5.87. The Balaban J connectivity index is 1.67. The molecule has 1 atom stereocenters. The van der Waals surface area contributed by atoms with Crippen molar-refractivity contribution in [3.05, 3.63) is 35.4 Å². The normalized spacial score (nSPS) is 20.6. The van der Waals surface area contributed by atoms with Gasteiger partial charge in [0.25, 0.3) is 0 Å². The predicted octanol–water partition coefficient (Wildman–Crippen LogP) is 1.78. The highest BCUT2D eigenvalue weighted by atomic mass is 16.5. The van der Waals surface area contributed by atoms with E-state index in [1.165, 1.54) is 5.56 Å². The largest absolute Gasteiger partial charge is 0.379 e. The Morgan fingerprint density at radius 1 is 1.18 bits per heavy atom. The summed E-state index contributed by atoms with van der Waals surface area (Å²) in [7, 11) is 1.86. The SMILES string of the molecule is CC(=O)N1Cc2ccccc2CC1C(=O)N(C)CC(C)(C)CN1CCOCC1. The van der Waals surface area contributed by atoms with Crippen LogP contribution in [0.15, 0.2) is 24.3 Å². The lowest BCUT2D eigenvalue weighted by atomic mass is 9.90. The summed E-state index contributed by atoms with van der Waals surface area (Å²) in [5.74, 6) is -0.0198. The highest BCUT2D eigenvalue weighted by Crippen LogP contribution is 2.26. The van der Waals surface area contributed by atoms with E-state index < -0.39 is 6.04 Å². The number of fused-ring (bicyclic) bond motifs is 1. The maximum atomic E-state index is 13.3. The second-order valence-electron chi connectivity index (χ2n) is 8.88. The minimum absolute atomic E-state index is 0.0276. The lowest BCUT2D eigenvalue weighted by Gasteiger charge is -2.40. The van der Waals surface area contributed by atoms with Gasteiger partial charge in [-0.15, -0.1) is 0 Å². The average Bonchev–Trinajstić information content (AvgIpc) is 2.66. The van der Waals surface area contributed by atoms with Gasteiger partial charge in [0.2, 0.25) is 11.8 Å². The summed E-state index contributed by atoms with van der Waals surface area (Å²) in [6.07, 6.45) is 0.586. The Kier molecular flexibility index (Phi) is 6.40. The Labute approximate surface area is 168 Å². The van der Waals surface area contributed by atoms with Crippen LogP contribution >= 0.6 is 0 Å². The number of likely N-dealkylation sites (N-methyl/N-ethyl adjacent to an activating group) is 1. The smallest absolute Gasteiger partial charge is 0.245 e. The highest BCUT2D eigenvalue weighted by Gasteiger charge is 2.36. The number of ether oxygens (including phenoxy) is 1. The molecule has 0 saturated carbocycles. The summed E-state index contributed by atoms with van der Waals surface area (Å²) in [6.45, 7) is 11.5. The van der Waals surface area contributed by atoms with Gasteiger partial charge in [-0.25, -0.2) is 0 Å². The van der Waals surface area contributed by atoms with Gasteiger partial charge < -0.3 is 14.5 Å². The molecular weight excluding hydrogens is 354 g/mol. The van der Waals surface area contributed by atoms with Crippen LogP contribution in [-0.4, -0.2) is 79.0 Å². The number of amides is 2. The van der Waals surface area contributed by atoms with Crippen LogP contribution in [0.4, 0.5) is 0 Å². The second kappa shape index (κ2) is 8.62. The molecule has 1 fully saturated rings. The van der Waals surface area contributed by atoms with Gasteiger partial charge in [0.05, 0.1) is 13.2 Å². The lowest BCUT2D eigenvalue weighted by molar-refractivity contribution is -0.146. The van der Waals surface area contributed by atoms with Gasteiger partial charge in [-0.2, -0.15) is 0 Å². The van der Waals surface area contributed by atoms with Gasteiger partial charge >= 0.3 is 0 Å². The first kappa shape index (κ1) is 20.8. The van der Waals surface area contributed by atoms with Crippen LogP contribution in [0.25, 0.3) is 0 Å². The van der Waals surface area contributed by atoms with Crippen LogP contribution in [0.2, 0.25) is 0 Å². The molecule has 2 amide bonds. The monoisotopic (exact) mass is 387 g/mol. The van der Waals surface area contributed by atoms with Gasteiger partial charge in [0.15, 0.2) is 0 Å². The molecule has 0 aromatic heterocycles. The number of hydrogen-bond donors (Lipinski definition) is 0. The summed E-state index contributed by atoms with van der Waals surface area (Å²) >= 11 is 0. The minimum atomic E-state index is -0.420. The molecule has 2 aliphatic rings. The zero-order valence-corrected chi connectivity index (χ0v) is 17.6. The van der Waals surface area contributed by atoms with Gasteiger partial charge in [-0.3, -0.25) is 14.5 Å². The maximum absolute atomic E-state index is 13.3. The topological polar surface area (TPSA) is 53.1 Å². The fraction of sp³-hybridized carbons (Fsp3) is 0.636. The molecule has 0 spiro atoms. The van der Waals surface area contributed by atoms with E-state index in [0.717, 1.165) is 38.4 Å². The van der Waals surface area contributed by atoms with Crippen LogP contribution < -0.4 is 0 Å². The summed E-state index contributed by atoms with van der Waals surface area (Å²) in [4.78, 5) is 31.5. The van der Waals surface area contributed by atoms with E-state index in [2.05, 4.69) is 24.8 Å². The van der Waals surface area contributed by atoms with Crippen LogP contribution in [0.1, 0.15) is 31.9 Å².